The molecule has 0 N–H and O–H groups in total. The van der Waals surface area contributed by atoms with Gasteiger partial charge in [0.25, 0.3) is 0 Å². The molecule has 0 aliphatic carbocycles. The number of ether oxygens (including phenoxy) is 1. The van der Waals surface area contributed by atoms with Crippen molar-refractivity contribution in [1.82, 2.24) is 0 Å². The maximum atomic E-state index is 12.3. The molecule has 0 amide bonds. The lowest BCUT2D eigenvalue weighted by Gasteiger charge is -2.11. The quantitative estimate of drug-likeness (QED) is 0.780. The molecule has 2 nitrogen and oxygen atoms in total. The highest BCUT2D eigenvalue weighted by atomic mass is 32.1. The fourth-order valence-electron chi connectivity index (χ4n) is 1.58. The van der Waals surface area contributed by atoms with Gasteiger partial charge in [-0.2, -0.15) is 0 Å². The van der Waals surface area contributed by atoms with Gasteiger partial charge in [-0.15, -0.1) is 24.5 Å². The molecule has 1 aromatic carbocycles. The highest BCUT2D eigenvalue weighted by Crippen LogP contribution is 2.33. The van der Waals surface area contributed by atoms with E-state index in [4.69, 9.17) is 0 Å². The van der Waals surface area contributed by atoms with E-state index in [1.54, 1.807) is 6.07 Å². The van der Waals surface area contributed by atoms with Crippen LogP contribution < -0.4 is 4.74 Å². The minimum Gasteiger partial charge on any atom is -0.405 e. The third-order valence-corrected chi connectivity index (χ3v) is 3.48. The molecule has 100 valence electrons. The molecule has 1 aromatic heterocycles. The Hall–Kier alpha value is -1.82. The highest BCUT2D eigenvalue weighted by molar-refractivity contribution is 7.13. The molecule has 0 aliphatic heterocycles. The molecule has 0 fully saturated rings. The molecule has 2 rings (SSSR count). The lowest BCUT2D eigenvalue weighted by atomic mass is 10.1. The first-order valence-electron chi connectivity index (χ1n) is 5.29. The zero-order valence-electron chi connectivity index (χ0n) is 9.82. The van der Waals surface area contributed by atoms with Gasteiger partial charge < -0.3 is 4.74 Å². The van der Waals surface area contributed by atoms with Crippen LogP contribution in [-0.4, -0.2) is 12.6 Å². The molecule has 0 atom stereocenters. The first-order valence-corrected chi connectivity index (χ1v) is 6.17. The summed E-state index contributed by atoms with van der Waals surface area (Å²) in [5, 5.41) is 1.90. The average molecular weight is 286 g/mol. The number of aryl methyl sites for hydroxylation is 1. The van der Waals surface area contributed by atoms with Gasteiger partial charge in [0.1, 0.15) is 5.75 Å². The van der Waals surface area contributed by atoms with E-state index in [0.29, 0.717) is 11.8 Å². The zero-order valence-corrected chi connectivity index (χ0v) is 10.6. The van der Waals surface area contributed by atoms with E-state index >= 15 is 0 Å². The van der Waals surface area contributed by atoms with Gasteiger partial charge in [0.05, 0.1) is 5.56 Å². The molecular formula is C13H9F3O2S. The smallest absolute Gasteiger partial charge is 0.405 e. The van der Waals surface area contributed by atoms with Crippen molar-refractivity contribution < 1.29 is 22.7 Å². The SMILES string of the molecule is Cc1csc(-c2ccc(C=O)c(OC(F)(F)F)c2)c1. The number of benzene rings is 1. The minimum absolute atomic E-state index is 0.130. The summed E-state index contributed by atoms with van der Waals surface area (Å²) in [5.74, 6) is -0.481. The van der Waals surface area contributed by atoms with Crippen LogP contribution in [0.25, 0.3) is 10.4 Å². The molecule has 0 aliphatic rings. The normalized spacial score (nSPS) is 11.4. The minimum atomic E-state index is -4.82. The first kappa shape index (κ1) is 13.6. The molecule has 0 radical (unpaired) electrons. The number of hydrogen-bond acceptors (Lipinski definition) is 3. The van der Waals surface area contributed by atoms with E-state index in [1.807, 2.05) is 18.4 Å². The van der Waals surface area contributed by atoms with E-state index in [-0.39, 0.29) is 5.56 Å². The van der Waals surface area contributed by atoms with Crippen molar-refractivity contribution in [2.24, 2.45) is 0 Å². The number of hydrogen-bond donors (Lipinski definition) is 0. The van der Waals surface area contributed by atoms with Crippen LogP contribution >= 0.6 is 11.3 Å². The van der Waals surface area contributed by atoms with Crippen LogP contribution in [0, 0.1) is 6.92 Å². The van der Waals surface area contributed by atoms with Gasteiger partial charge in [-0.05, 0) is 41.6 Å². The number of aldehydes is 1. The van der Waals surface area contributed by atoms with Crippen LogP contribution in [0.3, 0.4) is 0 Å². The van der Waals surface area contributed by atoms with Crippen LogP contribution in [0.2, 0.25) is 0 Å². The summed E-state index contributed by atoms with van der Waals surface area (Å²) in [6.45, 7) is 1.90. The van der Waals surface area contributed by atoms with Crippen molar-refractivity contribution in [3.8, 4) is 16.2 Å². The molecule has 2 aromatic rings. The molecular weight excluding hydrogens is 277 g/mol. The Kier molecular flexibility index (Phi) is 3.61. The number of thiophene rings is 1. The topological polar surface area (TPSA) is 26.3 Å². The monoisotopic (exact) mass is 286 g/mol. The number of rotatable bonds is 3. The van der Waals surface area contributed by atoms with Gasteiger partial charge in [-0.1, -0.05) is 6.07 Å². The summed E-state index contributed by atoms with van der Waals surface area (Å²) in [4.78, 5) is 11.5. The standard InChI is InChI=1S/C13H9F3O2S/c1-8-4-12(19-7-8)9-2-3-10(6-17)11(5-9)18-13(14,15)16/h2-7H,1H3. The van der Waals surface area contributed by atoms with Crippen molar-refractivity contribution in [3.05, 3.63) is 40.8 Å². The van der Waals surface area contributed by atoms with E-state index in [9.17, 15) is 18.0 Å². The number of carbonyl (C=O) groups is 1. The average Bonchev–Trinajstić information content (AvgIpc) is 2.74. The Morgan fingerprint density at radius 3 is 2.53 bits per heavy atom. The van der Waals surface area contributed by atoms with Crippen molar-refractivity contribution >= 4 is 17.6 Å². The Morgan fingerprint density at radius 2 is 2.00 bits per heavy atom. The van der Waals surface area contributed by atoms with Crippen molar-refractivity contribution in [3.63, 3.8) is 0 Å². The Labute approximate surface area is 111 Å². The van der Waals surface area contributed by atoms with E-state index < -0.39 is 12.1 Å². The number of alkyl halides is 3. The van der Waals surface area contributed by atoms with E-state index in [0.717, 1.165) is 10.4 Å². The van der Waals surface area contributed by atoms with Gasteiger partial charge in [0.15, 0.2) is 6.29 Å². The molecule has 0 unspecified atom stereocenters. The molecule has 0 bridgehead atoms. The summed E-state index contributed by atoms with van der Waals surface area (Å²) >= 11 is 1.42. The number of halogens is 3. The molecule has 0 saturated heterocycles. The maximum absolute atomic E-state index is 12.3. The maximum Gasteiger partial charge on any atom is 0.573 e. The van der Waals surface area contributed by atoms with Crippen LogP contribution in [0.1, 0.15) is 15.9 Å². The fraction of sp³-hybridized carbons (Fsp3) is 0.154. The fourth-order valence-corrected chi connectivity index (χ4v) is 2.48. The van der Waals surface area contributed by atoms with Gasteiger partial charge in [0.2, 0.25) is 0 Å². The van der Waals surface area contributed by atoms with Gasteiger partial charge in [-0.25, -0.2) is 0 Å². The summed E-state index contributed by atoms with van der Waals surface area (Å²) in [7, 11) is 0. The second-order valence-electron chi connectivity index (χ2n) is 3.91. The van der Waals surface area contributed by atoms with E-state index in [1.165, 1.54) is 23.5 Å². The third-order valence-electron chi connectivity index (χ3n) is 2.38. The Balaban J connectivity index is 2.43. The van der Waals surface area contributed by atoms with Crippen molar-refractivity contribution in [2.75, 3.05) is 0 Å². The van der Waals surface area contributed by atoms with Crippen LogP contribution in [0.4, 0.5) is 13.2 Å². The predicted octanol–water partition coefficient (Wildman–Crippen LogP) is 4.43. The lowest BCUT2D eigenvalue weighted by Crippen LogP contribution is -2.18. The van der Waals surface area contributed by atoms with Crippen molar-refractivity contribution in [2.45, 2.75) is 13.3 Å². The van der Waals surface area contributed by atoms with Crippen LogP contribution in [-0.2, 0) is 0 Å². The lowest BCUT2D eigenvalue weighted by molar-refractivity contribution is -0.274. The molecule has 19 heavy (non-hydrogen) atoms. The van der Waals surface area contributed by atoms with Crippen LogP contribution in [0.15, 0.2) is 29.6 Å². The second kappa shape index (κ2) is 5.05. The highest BCUT2D eigenvalue weighted by Gasteiger charge is 2.32. The summed E-state index contributed by atoms with van der Waals surface area (Å²) in [6.07, 6.45) is -4.48. The molecule has 0 spiro atoms. The van der Waals surface area contributed by atoms with Gasteiger partial charge in [-0.3, -0.25) is 4.79 Å². The van der Waals surface area contributed by atoms with Gasteiger partial charge >= 0.3 is 6.36 Å². The van der Waals surface area contributed by atoms with Crippen molar-refractivity contribution in [1.29, 1.82) is 0 Å². The second-order valence-corrected chi connectivity index (χ2v) is 4.82. The van der Waals surface area contributed by atoms with Crippen LogP contribution in [0.5, 0.6) is 5.75 Å². The largest absolute Gasteiger partial charge is 0.573 e. The summed E-state index contributed by atoms with van der Waals surface area (Å²) in [5.41, 5.74) is 1.48. The Bertz CT molecular complexity index is 602. The summed E-state index contributed by atoms with van der Waals surface area (Å²) < 4.78 is 40.6. The zero-order chi connectivity index (χ0) is 14.0. The van der Waals surface area contributed by atoms with E-state index in [2.05, 4.69) is 4.74 Å². The first-order chi connectivity index (χ1) is 8.89. The number of carbonyl (C=O) groups excluding carboxylic acids is 1. The molecule has 1 heterocycles. The third kappa shape index (κ3) is 3.35. The molecule has 0 saturated carbocycles. The predicted molar refractivity (Wildman–Crippen MR) is 66.6 cm³/mol. The molecule has 6 heteroatoms. The van der Waals surface area contributed by atoms with Gasteiger partial charge in [0, 0.05) is 4.88 Å². The Morgan fingerprint density at radius 1 is 1.26 bits per heavy atom. The summed E-state index contributed by atoms with van der Waals surface area (Å²) in [6, 6.07) is 6.00.